The average molecular weight is 550 g/mol. The molecule has 0 saturated carbocycles. The fourth-order valence-electron chi connectivity index (χ4n) is 4.79. The van der Waals surface area contributed by atoms with Crippen molar-refractivity contribution in [2.75, 3.05) is 30.9 Å². The summed E-state index contributed by atoms with van der Waals surface area (Å²) >= 11 is 7.78. The molecule has 7 nitrogen and oxygen atoms in total. The van der Waals surface area contributed by atoms with E-state index in [1.807, 2.05) is 42.2 Å². The van der Waals surface area contributed by atoms with Crippen molar-refractivity contribution in [1.82, 2.24) is 9.97 Å². The van der Waals surface area contributed by atoms with Gasteiger partial charge in [-0.1, -0.05) is 29.8 Å². The van der Waals surface area contributed by atoms with Crippen molar-refractivity contribution < 1.29 is 18.3 Å². The van der Waals surface area contributed by atoms with Gasteiger partial charge in [-0.15, -0.1) is 11.3 Å². The number of rotatable bonds is 3. The van der Waals surface area contributed by atoms with E-state index in [0.29, 0.717) is 12.4 Å². The Balaban J connectivity index is 1.73. The molecular formula is C27H18ClF2N5O2S. The van der Waals surface area contributed by atoms with Crippen molar-refractivity contribution in [3.05, 3.63) is 64.2 Å². The number of anilines is 3. The predicted molar refractivity (Wildman–Crippen MR) is 145 cm³/mol. The Morgan fingerprint density at radius 1 is 1.21 bits per heavy atom. The Hall–Kier alpha value is -4.20. The fourth-order valence-corrected chi connectivity index (χ4v) is 6.08. The molecule has 0 unspecified atom stereocenters. The molecule has 2 N–H and O–H groups in total. The van der Waals surface area contributed by atoms with Crippen LogP contribution in [0.4, 0.5) is 25.3 Å². The highest BCUT2D eigenvalue weighted by Gasteiger charge is 2.32. The van der Waals surface area contributed by atoms with Gasteiger partial charge in [0.05, 0.1) is 34.3 Å². The molecule has 38 heavy (non-hydrogen) atoms. The Morgan fingerprint density at radius 3 is 2.76 bits per heavy atom. The number of benzene rings is 3. The van der Waals surface area contributed by atoms with Gasteiger partial charge in [-0.3, -0.25) is 0 Å². The predicted octanol–water partition coefficient (Wildman–Crippen LogP) is 6.74. The lowest BCUT2D eigenvalue weighted by Crippen LogP contribution is -2.23. The second-order valence-corrected chi connectivity index (χ2v) is 10.1. The minimum atomic E-state index is -0.785. The molecule has 11 heteroatoms. The van der Waals surface area contributed by atoms with Crippen molar-refractivity contribution in [2.45, 2.75) is 6.92 Å². The van der Waals surface area contributed by atoms with Crippen LogP contribution in [-0.2, 0) is 0 Å². The second kappa shape index (κ2) is 8.97. The third-order valence-corrected chi connectivity index (χ3v) is 7.84. The minimum absolute atomic E-state index is 0.0438. The van der Waals surface area contributed by atoms with Gasteiger partial charge in [-0.2, -0.15) is 15.2 Å². The highest BCUT2D eigenvalue weighted by Crippen LogP contribution is 2.51. The third kappa shape index (κ3) is 3.50. The number of nitriles is 1. The number of halogens is 3. The van der Waals surface area contributed by atoms with Crippen LogP contribution in [0.5, 0.6) is 11.8 Å². The molecule has 190 valence electrons. The van der Waals surface area contributed by atoms with E-state index in [9.17, 15) is 9.65 Å². The zero-order chi connectivity index (χ0) is 26.7. The molecule has 0 bridgehead atoms. The Labute approximate surface area is 224 Å². The average Bonchev–Trinajstić information content (AvgIpc) is 3.13. The third-order valence-electron chi connectivity index (χ3n) is 6.45. The number of methoxy groups -OCH3 is 1. The first-order valence-electron chi connectivity index (χ1n) is 11.5. The first-order chi connectivity index (χ1) is 18.3. The summed E-state index contributed by atoms with van der Waals surface area (Å²) in [5.74, 6) is -0.801. The van der Waals surface area contributed by atoms with Crippen LogP contribution in [0.1, 0.15) is 11.1 Å². The highest BCUT2D eigenvalue weighted by molar-refractivity contribution is 7.23. The standard InChI is InChI=1S/C27H18ClF2N5O2S/c1-12-4-3-5-13(10-12)35-8-9-37-23-19-22(33-27(36-2)34-26(19)35)21(30)18(20(23)28)14-6-7-16(29)24-17(14)15(11-31)25(32)38-24/h3-7,10H,8-9,32H2,1-2H3. The summed E-state index contributed by atoms with van der Waals surface area (Å²) in [4.78, 5) is 10.8. The van der Waals surface area contributed by atoms with E-state index in [2.05, 4.69) is 9.97 Å². The van der Waals surface area contributed by atoms with Gasteiger partial charge in [-0.05, 0) is 36.2 Å². The number of hydrogen-bond donors (Lipinski definition) is 1. The van der Waals surface area contributed by atoms with Gasteiger partial charge >= 0.3 is 6.01 Å². The maximum Gasteiger partial charge on any atom is 0.318 e. The van der Waals surface area contributed by atoms with E-state index in [1.54, 1.807) is 0 Å². The van der Waals surface area contributed by atoms with Crippen LogP contribution in [0.25, 0.3) is 32.1 Å². The zero-order valence-electron chi connectivity index (χ0n) is 20.1. The summed E-state index contributed by atoms with van der Waals surface area (Å²) in [6.07, 6.45) is 0. The first kappa shape index (κ1) is 24.2. The van der Waals surface area contributed by atoms with Crippen LogP contribution in [-0.4, -0.2) is 30.2 Å². The number of nitrogens with two attached hydrogens (primary N) is 1. The smallest absolute Gasteiger partial charge is 0.318 e. The summed E-state index contributed by atoms with van der Waals surface area (Å²) in [5.41, 5.74) is 7.96. The van der Waals surface area contributed by atoms with Crippen molar-refractivity contribution in [2.24, 2.45) is 0 Å². The summed E-state index contributed by atoms with van der Waals surface area (Å²) < 4.78 is 42.8. The lowest BCUT2D eigenvalue weighted by molar-refractivity contribution is 0.335. The molecule has 0 atom stereocenters. The van der Waals surface area contributed by atoms with Crippen LogP contribution >= 0.6 is 22.9 Å². The number of aryl methyl sites for hydroxylation is 1. The molecule has 2 aromatic heterocycles. The molecule has 1 aliphatic heterocycles. The largest absolute Gasteiger partial charge is 0.489 e. The summed E-state index contributed by atoms with van der Waals surface area (Å²) in [6.45, 7) is 2.57. The van der Waals surface area contributed by atoms with Crippen LogP contribution in [0.3, 0.4) is 0 Å². The van der Waals surface area contributed by atoms with Crippen LogP contribution < -0.4 is 20.1 Å². The molecule has 1 aliphatic rings. The molecule has 0 spiro atoms. The number of ether oxygens (including phenoxy) is 2. The van der Waals surface area contributed by atoms with Gasteiger partial charge in [-0.25, -0.2) is 8.78 Å². The number of fused-ring (bicyclic) bond motifs is 1. The summed E-state index contributed by atoms with van der Waals surface area (Å²) in [5, 5.41) is 10.3. The lowest BCUT2D eigenvalue weighted by atomic mass is 9.96. The van der Waals surface area contributed by atoms with Crippen molar-refractivity contribution >= 4 is 60.4 Å². The summed E-state index contributed by atoms with van der Waals surface area (Å²) in [6, 6.07) is 12.3. The van der Waals surface area contributed by atoms with Gasteiger partial charge in [0, 0.05) is 16.6 Å². The zero-order valence-corrected chi connectivity index (χ0v) is 21.7. The highest BCUT2D eigenvalue weighted by atomic mass is 35.5. The SMILES string of the molecule is COc1nc2c3c(c(Cl)c(-c4ccc(F)c5sc(N)c(C#N)c45)c(F)c3n1)OCCN2c1cccc(C)c1. The topological polar surface area (TPSA) is 97.3 Å². The van der Waals surface area contributed by atoms with Gasteiger partial charge in [0.25, 0.3) is 0 Å². The van der Waals surface area contributed by atoms with E-state index < -0.39 is 11.6 Å². The maximum atomic E-state index is 16.5. The first-order valence-corrected chi connectivity index (χ1v) is 12.7. The van der Waals surface area contributed by atoms with Crippen molar-refractivity contribution in [3.8, 4) is 29.0 Å². The molecule has 5 aromatic rings. The Morgan fingerprint density at radius 2 is 2.03 bits per heavy atom. The molecular weight excluding hydrogens is 532 g/mol. The van der Waals surface area contributed by atoms with Crippen molar-refractivity contribution in [3.63, 3.8) is 0 Å². The van der Waals surface area contributed by atoms with Gasteiger partial charge < -0.3 is 20.1 Å². The van der Waals surface area contributed by atoms with Gasteiger partial charge in [0.1, 0.15) is 29.0 Å². The molecule has 0 radical (unpaired) electrons. The number of hydrogen-bond acceptors (Lipinski definition) is 8. The normalized spacial score (nSPS) is 12.9. The molecule has 0 aliphatic carbocycles. The number of nitrogen functional groups attached to an aromatic ring is 1. The second-order valence-electron chi connectivity index (χ2n) is 8.68. The van der Waals surface area contributed by atoms with E-state index in [-0.39, 0.29) is 66.1 Å². The number of aromatic nitrogens is 2. The van der Waals surface area contributed by atoms with Gasteiger partial charge in [0.2, 0.25) is 0 Å². The number of thiophene rings is 1. The molecule has 0 fully saturated rings. The molecule has 6 rings (SSSR count). The number of nitrogens with zero attached hydrogens (tertiary/aromatic N) is 4. The fraction of sp³-hybridized carbons (Fsp3) is 0.148. The van der Waals surface area contributed by atoms with E-state index >= 15 is 4.39 Å². The lowest BCUT2D eigenvalue weighted by Gasteiger charge is -2.23. The quantitative estimate of drug-likeness (QED) is 0.266. The molecule has 3 heterocycles. The van der Waals surface area contributed by atoms with E-state index in [4.69, 9.17) is 26.8 Å². The van der Waals surface area contributed by atoms with Crippen molar-refractivity contribution in [1.29, 1.82) is 5.26 Å². The van der Waals surface area contributed by atoms with Crippen LogP contribution in [0, 0.1) is 29.9 Å². The maximum absolute atomic E-state index is 16.5. The van der Waals surface area contributed by atoms with E-state index in [0.717, 1.165) is 22.6 Å². The Bertz CT molecular complexity index is 1840. The molecule has 3 aromatic carbocycles. The Kier molecular flexibility index (Phi) is 5.70. The van der Waals surface area contributed by atoms with Crippen LogP contribution in [0.15, 0.2) is 36.4 Å². The summed E-state index contributed by atoms with van der Waals surface area (Å²) in [7, 11) is 1.39. The van der Waals surface area contributed by atoms with Gasteiger partial charge in [0.15, 0.2) is 17.4 Å². The van der Waals surface area contributed by atoms with E-state index in [1.165, 1.54) is 19.2 Å². The minimum Gasteiger partial charge on any atom is -0.489 e. The monoisotopic (exact) mass is 549 g/mol. The molecule has 0 amide bonds. The molecule has 0 saturated heterocycles. The van der Waals surface area contributed by atoms with Crippen LogP contribution in [0.2, 0.25) is 5.02 Å².